The van der Waals surface area contributed by atoms with Crippen molar-refractivity contribution in [2.45, 2.75) is 64.5 Å². The highest BCUT2D eigenvalue weighted by Crippen LogP contribution is 2.40. The molecule has 0 aliphatic heterocycles. The van der Waals surface area contributed by atoms with E-state index in [1.165, 1.54) is 6.42 Å². The van der Waals surface area contributed by atoms with Crippen LogP contribution in [0, 0.1) is 5.92 Å². The first-order valence-corrected chi connectivity index (χ1v) is 7.39. The Balaban J connectivity index is 2.30. The molecule has 2 atom stereocenters. The molecule has 3 nitrogen and oxygen atoms in total. The maximum atomic E-state index is 11.0. The van der Waals surface area contributed by atoms with Gasteiger partial charge >= 0.3 is 0 Å². The zero-order valence-corrected chi connectivity index (χ0v) is 12.1. The van der Waals surface area contributed by atoms with E-state index in [4.69, 9.17) is 11.6 Å². The van der Waals surface area contributed by atoms with Crippen molar-refractivity contribution in [1.82, 2.24) is 9.78 Å². The molecule has 1 aliphatic carbocycles. The zero-order valence-electron chi connectivity index (χ0n) is 11.3. The molecule has 1 aliphatic rings. The molecule has 1 aromatic rings. The summed E-state index contributed by atoms with van der Waals surface area (Å²) in [6.45, 7) is 5.19. The molecular weight excluding hydrogens is 248 g/mol. The number of aromatic nitrogens is 2. The van der Waals surface area contributed by atoms with Gasteiger partial charge in [0.2, 0.25) is 0 Å². The van der Waals surface area contributed by atoms with Crippen LogP contribution in [0.1, 0.15) is 58.1 Å². The molecule has 0 radical (unpaired) electrons. The third-order valence-corrected chi connectivity index (χ3v) is 4.29. The monoisotopic (exact) mass is 270 g/mol. The lowest BCUT2D eigenvalue weighted by Crippen LogP contribution is -2.29. The molecule has 102 valence electrons. The lowest BCUT2D eigenvalue weighted by Gasteiger charge is -2.28. The Morgan fingerprint density at radius 2 is 2.28 bits per heavy atom. The quantitative estimate of drug-likeness (QED) is 0.850. The van der Waals surface area contributed by atoms with Gasteiger partial charge in [0.25, 0.3) is 0 Å². The molecule has 4 heteroatoms. The van der Waals surface area contributed by atoms with E-state index in [2.05, 4.69) is 18.9 Å². The van der Waals surface area contributed by atoms with Crippen LogP contribution in [0.15, 0.2) is 6.20 Å². The van der Waals surface area contributed by atoms with Crippen LogP contribution >= 0.6 is 11.6 Å². The third kappa shape index (κ3) is 2.72. The van der Waals surface area contributed by atoms with E-state index < -0.39 is 5.60 Å². The molecule has 1 fully saturated rings. The SMILES string of the molecule is CCCn1ncc(Cl)c1C1(O)CCCC(C)CC1. The number of rotatable bonds is 3. The van der Waals surface area contributed by atoms with Gasteiger partial charge in [-0.1, -0.05) is 31.9 Å². The van der Waals surface area contributed by atoms with Crippen molar-refractivity contribution in [3.05, 3.63) is 16.9 Å². The van der Waals surface area contributed by atoms with Crippen LogP contribution in [-0.4, -0.2) is 14.9 Å². The van der Waals surface area contributed by atoms with Crippen molar-refractivity contribution in [3.8, 4) is 0 Å². The molecule has 0 bridgehead atoms. The Morgan fingerprint density at radius 1 is 1.50 bits per heavy atom. The molecule has 2 rings (SSSR count). The van der Waals surface area contributed by atoms with Crippen LogP contribution in [0.2, 0.25) is 5.02 Å². The van der Waals surface area contributed by atoms with Crippen molar-refractivity contribution in [2.75, 3.05) is 0 Å². The summed E-state index contributed by atoms with van der Waals surface area (Å²) >= 11 is 6.25. The number of nitrogens with zero attached hydrogens (tertiary/aromatic N) is 2. The summed E-state index contributed by atoms with van der Waals surface area (Å²) in [6.07, 6.45) is 7.57. The largest absolute Gasteiger partial charge is 0.384 e. The second kappa shape index (κ2) is 5.62. The standard InChI is InChI=1S/C14H23ClN2O/c1-3-9-17-13(12(15)10-16-17)14(18)7-4-5-11(2)6-8-14/h10-11,18H,3-9H2,1-2H3. The lowest BCUT2D eigenvalue weighted by molar-refractivity contribution is 0.0110. The van der Waals surface area contributed by atoms with Gasteiger partial charge in [0, 0.05) is 6.54 Å². The van der Waals surface area contributed by atoms with E-state index in [9.17, 15) is 5.11 Å². The average molecular weight is 271 g/mol. The minimum atomic E-state index is -0.784. The highest BCUT2D eigenvalue weighted by atomic mass is 35.5. The normalized spacial score (nSPS) is 29.2. The Morgan fingerprint density at radius 3 is 3.00 bits per heavy atom. The van der Waals surface area contributed by atoms with Crippen LogP contribution in [0.3, 0.4) is 0 Å². The van der Waals surface area contributed by atoms with Gasteiger partial charge in [-0.3, -0.25) is 4.68 Å². The fraction of sp³-hybridized carbons (Fsp3) is 0.786. The van der Waals surface area contributed by atoms with Gasteiger partial charge in [-0.05, 0) is 38.0 Å². The molecule has 1 saturated carbocycles. The Bertz CT molecular complexity index is 404. The second-order valence-corrected chi connectivity index (χ2v) is 6.04. The summed E-state index contributed by atoms with van der Waals surface area (Å²) < 4.78 is 1.89. The molecule has 2 unspecified atom stereocenters. The van der Waals surface area contributed by atoms with Gasteiger partial charge in [0.1, 0.15) is 5.60 Å². The van der Waals surface area contributed by atoms with E-state index in [1.807, 2.05) is 4.68 Å². The van der Waals surface area contributed by atoms with E-state index >= 15 is 0 Å². The van der Waals surface area contributed by atoms with Crippen molar-refractivity contribution < 1.29 is 5.11 Å². The average Bonchev–Trinajstić information content (AvgIpc) is 2.60. The van der Waals surface area contributed by atoms with Gasteiger partial charge in [0.15, 0.2) is 0 Å². The molecule has 0 amide bonds. The number of hydrogen-bond donors (Lipinski definition) is 1. The minimum absolute atomic E-state index is 0.612. The highest BCUT2D eigenvalue weighted by Gasteiger charge is 2.36. The molecule has 1 N–H and O–H groups in total. The summed E-state index contributed by atoms with van der Waals surface area (Å²) in [6, 6.07) is 0. The maximum Gasteiger partial charge on any atom is 0.108 e. The van der Waals surface area contributed by atoms with Crippen LogP contribution in [0.5, 0.6) is 0 Å². The lowest BCUT2D eigenvalue weighted by atomic mass is 9.90. The molecule has 0 spiro atoms. The van der Waals surface area contributed by atoms with Crippen molar-refractivity contribution in [3.63, 3.8) is 0 Å². The van der Waals surface area contributed by atoms with Gasteiger partial charge in [-0.2, -0.15) is 5.10 Å². The van der Waals surface area contributed by atoms with Gasteiger partial charge < -0.3 is 5.11 Å². The zero-order chi connectivity index (χ0) is 13.2. The summed E-state index contributed by atoms with van der Waals surface area (Å²) in [4.78, 5) is 0. The van der Waals surface area contributed by atoms with E-state index in [0.29, 0.717) is 10.9 Å². The molecule has 1 heterocycles. The highest BCUT2D eigenvalue weighted by molar-refractivity contribution is 6.31. The molecule has 1 aromatic heterocycles. The van der Waals surface area contributed by atoms with E-state index in [-0.39, 0.29) is 0 Å². The number of aryl methyl sites for hydroxylation is 1. The van der Waals surface area contributed by atoms with Crippen molar-refractivity contribution >= 4 is 11.6 Å². The maximum absolute atomic E-state index is 11.0. The number of aliphatic hydroxyl groups is 1. The molecule has 0 saturated heterocycles. The predicted octanol–water partition coefficient (Wildman–Crippen LogP) is 3.73. The van der Waals surface area contributed by atoms with Crippen molar-refractivity contribution in [2.24, 2.45) is 5.92 Å². The van der Waals surface area contributed by atoms with Crippen LogP contribution in [0.4, 0.5) is 0 Å². The van der Waals surface area contributed by atoms with E-state index in [1.54, 1.807) is 6.20 Å². The molecule has 18 heavy (non-hydrogen) atoms. The Labute approximate surface area is 114 Å². The predicted molar refractivity (Wildman–Crippen MR) is 73.7 cm³/mol. The summed E-state index contributed by atoms with van der Waals surface area (Å²) in [5.41, 5.74) is 0.0492. The van der Waals surface area contributed by atoms with Crippen LogP contribution < -0.4 is 0 Å². The molecule has 0 aromatic carbocycles. The third-order valence-electron chi connectivity index (χ3n) is 4.01. The van der Waals surface area contributed by atoms with Crippen LogP contribution in [0.25, 0.3) is 0 Å². The van der Waals surface area contributed by atoms with Gasteiger partial charge in [0.05, 0.1) is 16.9 Å². The first-order chi connectivity index (χ1) is 8.57. The summed E-state index contributed by atoms with van der Waals surface area (Å²) in [5.74, 6) is 0.695. The first-order valence-electron chi connectivity index (χ1n) is 7.01. The molecular formula is C14H23ClN2O. The minimum Gasteiger partial charge on any atom is -0.384 e. The Kier molecular flexibility index (Phi) is 4.33. The van der Waals surface area contributed by atoms with Crippen LogP contribution in [-0.2, 0) is 12.1 Å². The Hall–Kier alpha value is -0.540. The summed E-state index contributed by atoms with van der Waals surface area (Å²) in [5, 5.41) is 15.9. The van der Waals surface area contributed by atoms with E-state index in [0.717, 1.165) is 44.3 Å². The topological polar surface area (TPSA) is 38.0 Å². The van der Waals surface area contributed by atoms with Gasteiger partial charge in [-0.15, -0.1) is 0 Å². The second-order valence-electron chi connectivity index (χ2n) is 5.63. The number of hydrogen-bond acceptors (Lipinski definition) is 2. The fourth-order valence-corrected chi connectivity index (χ4v) is 3.26. The summed E-state index contributed by atoms with van der Waals surface area (Å²) in [7, 11) is 0. The van der Waals surface area contributed by atoms with Crippen molar-refractivity contribution in [1.29, 1.82) is 0 Å². The first kappa shape index (κ1) is 13.9. The number of halogens is 1. The fourth-order valence-electron chi connectivity index (χ4n) is 2.94. The van der Waals surface area contributed by atoms with Gasteiger partial charge in [-0.25, -0.2) is 0 Å². The smallest absolute Gasteiger partial charge is 0.108 e.